The first kappa shape index (κ1) is 29.7. The molecular weight excluding hydrogens is 576 g/mol. The van der Waals surface area contributed by atoms with Gasteiger partial charge in [-0.15, -0.1) is 11.3 Å². The average molecular weight is 603 g/mol. The topological polar surface area (TPSA) is 131 Å². The lowest BCUT2D eigenvalue weighted by molar-refractivity contribution is -0.384. The number of nitro groups is 1. The zero-order valence-electron chi connectivity index (χ0n) is 23.5. The molecule has 5 aromatic rings. The summed E-state index contributed by atoms with van der Waals surface area (Å²) < 4.78 is 0. The number of non-ortho nitro benzene ring substituents is 1. The number of benzene rings is 4. The number of anilines is 2. The van der Waals surface area contributed by atoms with Crippen molar-refractivity contribution < 1.29 is 19.3 Å². The number of carbonyl (C=O) groups is 3. The van der Waals surface area contributed by atoms with Crippen LogP contribution >= 0.6 is 11.3 Å². The first-order valence-corrected chi connectivity index (χ1v) is 14.4. The summed E-state index contributed by atoms with van der Waals surface area (Å²) in [5, 5.41) is 18.9. The molecule has 44 heavy (non-hydrogen) atoms. The van der Waals surface area contributed by atoms with Gasteiger partial charge in [0, 0.05) is 46.0 Å². The molecule has 0 bridgehead atoms. The van der Waals surface area contributed by atoms with Crippen molar-refractivity contribution in [3.63, 3.8) is 0 Å². The Bertz CT molecular complexity index is 1860. The molecule has 2 amide bonds. The molecule has 0 spiro atoms. The molecule has 10 heteroatoms. The van der Waals surface area contributed by atoms with Crippen molar-refractivity contribution in [1.29, 1.82) is 0 Å². The largest absolute Gasteiger partial charge is 0.325 e. The van der Waals surface area contributed by atoms with E-state index >= 15 is 0 Å². The van der Waals surface area contributed by atoms with Gasteiger partial charge >= 0.3 is 0 Å². The van der Waals surface area contributed by atoms with Crippen LogP contribution in [0.3, 0.4) is 0 Å². The van der Waals surface area contributed by atoms with Crippen LogP contribution in [0.5, 0.6) is 0 Å². The predicted octanol–water partition coefficient (Wildman–Crippen LogP) is 7.09. The van der Waals surface area contributed by atoms with E-state index < -0.39 is 10.8 Å². The van der Waals surface area contributed by atoms with Crippen molar-refractivity contribution >= 4 is 52.1 Å². The summed E-state index contributed by atoms with van der Waals surface area (Å²) in [5.74, 6) is -1.01. The summed E-state index contributed by atoms with van der Waals surface area (Å²) >= 11 is 1.35. The Balaban J connectivity index is 1.30. The Morgan fingerprint density at radius 2 is 1.64 bits per heavy atom. The van der Waals surface area contributed by atoms with Crippen LogP contribution in [0.4, 0.5) is 17.1 Å². The van der Waals surface area contributed by atoms with E-state index in [1.54, 1.807) is 66.1 Å². The molecule has 1 heterocycles. The molecule has 0 radical (unpaired) electrons. The van der Waals surface area contributed by atoms with E-state index in [4.69, 9.17) is 0 Å². The molecule has 218 valence electrons. The molecule has 1 aromatic heterocycles. The fourth-order valence-corrected chi connectivity index (χ4v) is 5.11. The van der Waals surface area contributed by atoms with Crippen molar-refractivity contribution in [3.8, 4) is 10.6 Å². The van der Waals surface area contributed by atoms with E-state index in [1.807, 2.05) is 31.2 Å². The number of amides is 2. The molecule has 0 saturated carbocycles. The predicted molar refractivity (Wildman–Crippen MR) is 172 cm³/mol. The molecule has 0 aliphatic carbocycles. The number of nitro benzene ring substituents is 1. The molecule has 0 atom stereocenters. The number of nitrogens with zero attached hydrogens (tertiary/aromatic N) is 2. The molecule has 0 aliphatic heterocycles. The summed E-state index contributed by atoms with van der Waals surface area (Å²) in [6.45, 7) is 1.97. The first-order valence-electron chi connectivity index (χ1n) is 13.5. The number of thiazole rings is 1. The quantitative estimate of drug-likeness (QED) is 0.0759. The number of aryl methyl sites for hydroxylation is 1. The minimum Gasteiger partial charge on any atom is -0.325 e. The van der Waals surface area contributed by atoms with Gasteiger partial charge in [0.15, 0.2) is 5.78 Å². The van der Waals surface area contributed by atoms with Crippen molar-refractivity contribution in [3.05, 3.63) is 147 Å². The Labute approximate surface area is 257 Å². The van der Waals surface area contributed by atoms with Crippen LogP contribution in [0.1, 0.15) is 32.7 Å². The van der Waals surface area contributed by atoms with Crippen molar-refractivity contribution in [2.24, 2.45) is 0 Å². The molecule has 0 aliphatic rings. The Morgan fingerprint density at radius 1 is 0.909 bits per heavy atom. The van der Waals surface area contributed by atoms with Gasteiger partial charge in [0.2, 0.25) is 11.8 Å². The molecule has 0 saturated heterocycles. The molecule has 2 N–H and O–H groups in total. The van der Waals surface area contributed by atoms with E-state index in [-0.39, 0.29) is 29.4 Å². The van der Waals surface area contributed by atoms with Gasteiger partial charge in [-0.3, -0.25) is 24.5 Å². The Hall–Kier alpha value is -5.74. The maximum Gasteiger partial charge on any atom is 0.269 e. The first-order chi connectivity index (χ1) is 21.2. The van der Waals surface area contributed by atoms with Gasteiger partial charge in [0.05, 0.1) is 22.7 Å². The second-order valence-electron chi connectivity index (χ2n) is 9.87. The van der Waals surface area contributed by atoms with E-state index in [1.165, 1.54) is 35.6 Å². The number of rotatable bonds is 10. The number of hydrogen-bond acceptors (Lipinski definition) is 7. The van der Waals surface area contributed by atoms with Crippen LogP contribution < -0.4 is 10.6 Å². The van der Waals surface area contributed by atoms with Gasteiger partial charge in [-0.25, -0.2) is 4.98 Å². The highest BCUT2D eigenvalue weighted by Crippen LogP contribution is 2.27. The van der Waals surface area contributed by atoms with Gasteiger partial charge < -0.3 is 10.6 Å². The van der Waals surface area contributed by atoms with Crippen LogP contribution in [-0.2, 0) is 16.0 Å². The van der Waals surface area contributed by atoms with E-state index in [2.05, 4.69) is 15.6 Å². The third kappa shape index (κ3) is 7.55. The van der Waals surface area contributed by atoms with E-state index in [0.717, 1.165) is 16.7 Å². The second-order valence-corrected chi connectivity index (χ2v) is 10.7. The minimum absolute atomic E-state index is 0.00613. The van der Waals surface area contributed by atoms with Crippen molar-refractivity contribution in [2.45, 2.75) is 13.3 Å². The lowest BCUT2D eigenvalue weighted by atomic mass is 10.0. The molecule has 4 aromatic carbocycles. The minimum atomic E-state index is -0.463. The van der Waals surface area contributed by atoms with Gasteiger partial charge in [-0.1, -0.05) is 60.2 Å². The number of nitrogens with one attached hydrogen (secondary N) is 2. The molecule has 5 rings (SSSR count). The Morgan fingerprint density at radius 3 is 2.34 bits per heavy atom. The smallest absolute Gasteiger partial charge is 0.269 e. The molecular formula is C34H26N4O5S. The van der Waals surface area contributed by atoms with Gasteiger partial charge in [-0.05, 0) is 48.9 Å². The van der Waals surface area contributed by atoms with Gasteiger partial charge in [-0.2, -0.15) is 0 Å². The third-order valence-corrected chi connectivity index (χ3v) is 7.49. The maximum absolute atomic E-state index is 13.4. The van der Waals surface area contributed by atoms with Crippen molar-refractivity contribution in [2.75, 3.05) is 10.6 Å². The fourth-order valence-electron chi connectivity index (χ4n) is 4.32. The summed E-state index contributed by atoms with van der Waals surface area (Å²) in [4.78, 5) is 54.0. The zero-order chi connectivity index (χ0) is 31.1. The standard InChI is InChI=1S/C34H26N4O5S/c1-22-7-9-23(10-8-22)19-32(40)37-30-17-13-26(20-29(30)33(41)24-5-3-2-4-6-24)35-31(39)18-14-27-21-44-34(36-27)25-11-15-28(16-12-25)38(42)43/h2-18,20-21H,19H2,1H3,(H,35,39)(H,37,40)/b18-14+. The van der Waals surface area contributed by atoms with Crippen LogP contribution in [0.25, 0.3) is 16.6 Å². The highest BCUT2D eigenvalue weighted by atomic mass is 32.1. The summed E-state index contributed by atoms with van der Waals surface area (Å²) in [6.07, 6.45) is 3.02. The van der Waals surface area contributed by atoms with Crippen LogP contribution in [0.15, 0.2) is 109 Å². The number of hydrogen-bond donors (Lipinski definition) is 2. The lowest BCUT2D eigenvalue weighted by Gasteiger charge is -2.13. The maximum atomic E-state index is 13.4. The fraction of sp³-hybridized carbons (Fsp3) is 0.0588. The van der Waals surface area contributed by atoms with Gasteiger partial charge in [0.25, 0.3) is 5.69 Å². The Kier molecular flexibility index (Phi) is 9.12. The summed E-state index contributed by atoms with van der Waals surface area (Å²) in [6, 6.07) is 27.2. The number of carbonyl (C=O) groups excluding carboxylic acids is 3. The summed E-state index contributed by atoms with van der Waals surface area (Å²) in [5.41, 5.74) is 4.60. The SMILES string of the molecule is Cc1ccc(CC(=O)Nc2ccc(NC(=O)/C=C/c3csc(-c4ccc([N+](=O)[O-])cc4)n3)cc2C(=O)c2ccccc2)cc1. The highest BCUT2D eigenvalue weighted by molar-refractivity contribution is 7.13. The number of aromatic nitrogens is 1. The molecule has 0 unspecified atom stereocenters. The molecule has 9 nitrogen and oxygen atoms in total. The van der Waals surface area contributed by atoms with E-state index in [9.17, 15) is 24.5 Å². The monoisotopic (exact) mass is 602 g/mol. The zero-order valence-corrected chi connectivity index (χ0v) is 24.3. The molecule has 0 fully saturated rings. The van der Waals surface area contributed by atoms with Crippen LogP contribution in [0, 0.1) is 17.0 Å². The second kappa shape index (κ2) is 13.5. The van der Waals surface area contributed by atoms with Crippen molar-refractivity contribution in [1.82, 2.24) is 4.98 Å². The summed E-state index contributed by atoms with van der Waals surface area (Å²) in [7, 11) is 0. The lowest BCUT2D eigenvalue weighted by Crippen LogP contribution is -2.18. The number of ketones is 1. The third-order valence-electron chi connectivity index (χ3n) is 6.58. The van der Waals surface area contributed by atoms with E-state index in [0.29, 0.717) is 27.6 Å². The van der Waals surface area contributed by atoms with Gasteiger partial charge in [0.1, 0.15) is 5.01 Å². The highest BCUT2D eigenvalue weighted by Gasteiger charge is 2.17. The normalized spacial score (nSPS) is 10.8. The van der Waals surface area contributed by atoms with Crippen LogP contribution in [0.2, 0.25) is 0 Å². The average Bonchev–Trinajstić information content (AvgIpc) is 3.51. The van der Waals surface area contributed by atoms with Crippen LogP contribution in [-0.4, -0.2) is 27.5 Å².